The Morgan fingerprint density at radius 1 is 1.07 bits per heavy atom. The van der Waals surface area contributed by atoms with Gasteiger partial charge in [0.05, 0.1) is 30.9 Å². The number of hydrogen-bond acceptors (Lipinski definition) is 6. The average Bonchev–Trinajstić information content (AvgIpc) is 2.70. The third-order valence-electron chi connectivity index (χ3n) is 3.68. The molecular weight excluding hydrogens is 445 g/mol. The number of carbonyl (C=O) groups is 1. The maximum absolute atomic E-state index is 11.9. The molecule has 0 aliphatic carbocycles. The number of alkyl halides is 1. The van der Waals surface area contributed by atoms with E-state index < -0.39 is 6.67 Å². The highest BCUT2D eigenvalue weighted by molar-refractivity contribution is 9.10. The van der Waals surface area contributed by atoms with Crippen molar-refractivity contribution in [2.45, 2.75) is 6.92 Å². The van der Waals surface area contributed by atoms with Crippen LogP contribution in [0.3, 0.4) is 0 Å². The molecule has 0 spiro atoms. The van der Waals surface area contributed by atoms with Crippen molar-refractivity contribution in [1.29, 1.82) is 0 Å². The van der Waals surface area contributed by atoms with Crippen LogP contribution in [0.2, 0.25) is 0 Å². The number of benzene rings is 1. The van der Waals surface area contributed by atoms with Crippen LogP contribution in [-0.4, -0.2) is 50.7 Å². The molecule has 0 N–H and O–H groups in total. The van der Waals surface area contributed by atoms with E-state index in [1.807, 2.05) is 18.2 Å². The maximum atomic E-state index is 11.9. The lowest BCUT2D eigenvalue weighted by atomic mass is 10.0. The second kappa shape index (κ2) is 12.3. The number of ether oxygens (including phenoxy) is 4. The first kappa shape index (κ1) is 23.0. The number of halogens is 2. The lowest BCUT2D eigenvalue weighted by Crippen LogP contribution is -2.12. The van der Waals surface area contributed by atoms with Gasteiger partial charge in [0.1, 0.15) is 19.0 Å². The Morgan fingerprint density at radius 2 is 1.72 bits per heavy atom. The van der Waals surface area contributed by atoms with Crippen LogP contribution in [0.5, 0.6) is 11.6 Å². The minimum atomic E-state index is -0.495. The van der Waals surface area contributed by atoms with Crippen LogP contribution >= 0.6 is 15.9 Å². The largest absolute Gasteiger partial charge is 0.474 e. The first-order valence-corrected chi connectivity index (χ1v) is 9.78. The van der Waals surface area contributed by atoms with Gasteiger partial charge in [-0.05, 0) is 45.3 Å². The molecule has 0 fully saturated rings. The summed E-state index contributed by atoms with van der Waals surface area (Å²) in [4.78, 5) is 15.3. The summed E-state index contributed by atoms with van der Waals surface area (Å²) in [6.07, 6.45) is 1.67. The van der Waals surface area contributed by atoms with Crippen LogP contribution in [0.15, 0.2) is 47.6 Å². The molecule has 1 aromatic carbocycles. The Labute approximate surface area is 177 Å². The van der Waals surface area contributed by atoms with E-state index in [1.165, 1.54) is 6.92 Å². The third kappa shape index (κ3) is 7.92. The Hall–Kier alpha value is -2.29. The number of rotatable bonds is 12. The molecule has 2 rings (SSSR count). The van der Waals surface area contributed by atoms with Crippen molar-refractivity contribution >= 4 is 27.5 Å². The molecule has 0 saturated heterocycles. The second-order valence-electron chi connectivity index (χ2n) is 5.87. The minimum absolute atomic E-state index is 0.0880. The molecule has 1 aromatic heterocycles. The lowest BCUT2D eigenvalue weighted by Gasteiger charge is -2.11. The van der Waals surface area contributed by atoms with Crippen molar-refractivity contribution < 1.29 is 28.1 Å². The molecule has 1 heterocycles. The van der Waals surface area contributed by atoms with Gasteiger partial charge in [-0.25, -0.2) is 9.37 Å². The zero-order valence-electron chi connectivity index (χ0n) is 16.2. The number of hydrogen-bond donors (Lipinski definition) is 0. The molecule has 6 nitrogen and oxygen atoms in total. The molecular formula is C21H23BrFNO5. The summed E-state index contributed by atoms with van der Waals surface area (Å²) in [5.74, 6) is 0.563. The van der Waals surface area contributed by atoms with E-state index in [0.717, 1.165) is 16.7 Å². The highest BCUT2D eigenvalue weighted by atomic mass is 79.9. The van der Waals surface area contributed by atoms with E-state index in [-0.39, 0.29) is 12.6 Å². The van der Waals surface area contributed by atoms with Gasteiger partial charge in [0, 0.05) is 18.7 Å². The number of carbonyl (C=O) groups excluding carboxylic acids is 1. The summed E-state index contributed by atoms with van der Waals surface area (Å²) in [7, 11) is 0. The maximum Gasteiger partial charge on any atom is 0.308 e. The van der Waals surface area contributed by atoms with Crippen molar-refractivity contribution in [3.05, 3.63) is 58.7 Å². The Kier molecular flexibility index (Phi) is 9.76. The van der Waals surface area contributed by atoms with Gasteiger partial charge in [0.25, 0.3) is 0 Å². The highest BCUT2D eigenvalue weighted by Crippen LogP contribution is 2.29. The van der Waals surface area contributed by atoms with Crippen molar-refractivity contribution in [1.82, 2.24) is 4.98 Å². The van der Waals surface area contributed by atoms with E-state index in [1.54, 1.807) is 18.3 Å². The average molecular weight is 468 g/mol. The van der Waals surface area contributed by atoms with E-state index in [0.29, 0.717) is 42.5 Å². The van der Waals surface area contributed by atoms with E-state index in [4.69, 9.17) is 18.9 Å². The van der Waals surface area contributed by atoms with Gasteiger partial charge in [0.15, 0.2) is 0 Å². The molecule has 8 heteroatoms. The fraction of sp³-hybridized carbons (Fsp3) is 0.333. The van der Waals surface area contributed by atoms with Gasteiger partial charge in [-0.3, -0.25) is 4.79 Å². The normalized spacial score (nSPS) is 10.6. The zero-order chi connectivity index (χ0) is 21.1. The molecule has 0 aliphatic heterocycles. The SMILES string of the molecule is C=C(c1ccc(OC(C)=O)cc1)c1cnc(OCCOCCOCCF)c(Br)c1. The summed E-state index contributed by atoms with van der Waals surface area (Å²) >= 11 is 3.46. The van der Waals surface area contributed by atoms with Crippen molar-refractivity contribution in [3.63, 3.8) is 0 Å². The van der Waals surface area contributed by atoms with Crippen LogP contribution in [-0.2, 0) is 14.3 Å². The van der Waals surface area contributed by atoms with Crippen LogP contribution in [0.4, 0.5) is 4.39 Å². The summed E-state index contributed by atoms with van der Waals surface area (Å²) in [5, 5.41) is 0. The molecule has 0 saturated carbocycles. The molecule has 0 unspecified atom stereocenters. The predicted molar refractivity (Wildman–Crippen MR) is 111 cm³/mol. The molecule has 0 aliphatic rings. The quantitative estimate of drug-likeness (QED) is 0.264. The smallest absolute Gasteiger partial charge is 0.308 e. The molecule has 0 atom stereocenters. The van der Waals surface area contributed by atoms with Crippen molar-refractivity contribution in [2.24, 2.45) is 0 Å². The van der Waals surface area contributed by atoms with Crippen molar-refractivity contribution in [3.8, 4) is 11.6 Å². The monoisotopic (exact) mass is 467 g/mol. The summed E-state index contributed by atoms with van der Waals surface area (Å²) in [6, 6.07) is 8.95. The molecule has 2 aromatic rings. The van der Waals surface area contributed by atoms with Crippen LogP contribution in [0.25, 0.3) is 5.57 Å². The second-order valence-corrected chi connectivity index (χ2v) is 6.72. The van der Waals surface area contributed by atoms with Gasteiger partial charge < -0.3 is 18.9 Å². The van der Waals surface area contributed by atoms with Gasteiger partial charge in [-0.1, -0.05) is 18.7 Å². The number of aromatic nitrogens is 1. The fourth-order valence-corrected chi connectivity index (χ4v) is 2.79. The van der Waals surface area contributed by atoms with Crippen LogP contribution < -0.4 is 9.47 Å². The van der Waals surface area contributed by atoms with E-state index >= 15 is 0 Å². The van der Waals surface area contributed by atoms with Gasteiger partial charge in [-0.15, -0.1) is 0 Å². The first-order chi connectivity index (χ1) is 14.0. The third-order valence-corrected chi connectivity index (χ3v) is 4.25. The van der Waals surface area contributed by atoms with Crippen LogP contribution in [0, 0.1) is 0 Å². The number of esters is 1. The summed E-state index contributed by atoms with van der Waals surface area (Å²) in [6.45, 7) is 6.49. The Bertz CT molecular complexity index is 813. The van der Waals surface area contributed by atoms with E-state index in [2.05, 4.69) is 27.5 Å². The van der Waals surface area contributed by atoms with Gasteiger partial charge in [0.2, 0.25) is 5.88 Å². The Morgan fingerprint density at radius 3 is 2.34 bits per heavy atom. The number of pyridine rings is 1. The topological polar surface area (TPSA) is 66.9 Å². The number of nitrogens with zero attached hydrogens (tertiary/aromatic N) is 1. The summed E-state index contributed by atoms with van der Waals surface area (Å²) in [5.41, 5.74) is 2.48. The molecule has 0 bridgehead atoms. The molecule has 29 heavy (non-hydrogen) atoms. The minimum Gasteiger partial charge on any atom is -0.474 e. The molecule has 0 radical (unpaired) electrons. The van der Waals surface area contributed by atoms with Gasteiger partial charge >= 0.3 is 5.97 Å². The predicted octanol–water partition coefficient (Wildman–Crippen LogP) is 4.21. The zero-order valence-corrected chi connectivity index (χ0v) is 17.7. The molecule has 0 amide bonds. The Balaban J connectivity index is 1.85. The summed E-state index contributed by atoms with van der Waals surface area (Å²) < 4.78 is 33.5. The van der Waals surface area contributed by atoms with Crippen molar-refractivity contribution in [2.75, 3.05) is 39.7 Å². The van der Waals surface area contributed by atoms with E-state index in [9.17, 15) is 9.18 Å². The standard InChI is InChI=1S/C21H23BrFNO5/c1-15(17-3-5-19(6-4-17)29-16(2)25)18-13-20(22)21(24-14-18)28-12-11-27-10-9-26-8-7-23/h3-6,13-14H,1,7-12H2,2H3. The highest BCUT2D eigenvalue weighted by Gasteiger charge is 2.09. The molecule has 156 valence electrons. The van der Waals surface area contributed by atoms with Gasteiger partial charge in [-0.2, -0.15) is 0 Å². The fourth-order valence-electron chi connectivity index (χ4n) is 2.33. The lowest BCUT2D eigenvalue weighted by molar-refractivity contribution is -0.131. The first-order valence-electron chi connectivity index (χ1n) is 8.99. The van der Waals surface area contributed by atoms with Crippen LogP contribution in [0.1, 0.15) is 18.1 Å².